The number of nitrogens with zero attached hydrogens (tertiary/aromatic N) is 2. The summed E-state index contributed by atoms with van der Waals surface area (Å²) in [6, 6.07) is 4.02. The van der Waals surface area contributed by atoms with Gasteiger partial charge in [-0.2, -0.15) is 4.31 Å². The lowest BCUT2D eigenvalue weighted by atomic mass is 10.2. The van der Waals surface area contributed by atoms with Gasteiger partial charge in [0.1, 0.15) is 6.04 Å². The lowest BCUT2D eigenvalue weighted by Gasteiger charge is -2.23. The number of rotatable bonds is 4. The Labute approximate surface area is 132 Å². The molecule has 1 aliphatic rings. The molecule has 8 heteroatoms. The first-order chi connectivity index (χ1) is 9.75. The Hall–Kier alpha value is -1.12. The highest BCUT2D eigenvalue weighted by Crippen LogP contribution is 2.32. The SMILES string of the molecule is CN(C)c1ccc(Br)c(S(=O)(=O)N2CCCC2C(=O)O)c1. The van der Waals surface area contributed by atoms with Crippen LogP contribution in [0.25, 0.3) is 0 Å². The molecule has 0 spiro atoms. The van der Waals surface area contributed by atoms with Crippen molar-refractivity contribution in [1.29, 1.82) is 0 Å². The average Bonchev–Trinajstić information content (AvgIpc) is 2.88. The zero-order chi connectivity index (χ0) is 15.8. The number of carbonyl (C=O) groups is 1. The Bertz CT molecular complexity index is 660. The molecule has 6 nitrogen and oxygen atoms in total. The van der Waals surface area contributed by atoms with Crippen molar-refractivity contribution in [3.05, 3.63) is 22.7 Å². The van der Waals surface area contributed by atoms with E-state index in [0.717, 1.165) is 9.99 Å². The number of benzene rings is 1. The molecule has 21 heavy (non-hydrogen) atoms. The highest BCUT2D eigenvalue weighted by molar-refractivity contribution is 9.10. The van der Waals surface area contributed by atoms with Gasteiger partial charge in [-0.3, -0.25) is 4.79 Å². The zero-order valence-corrected chi connectivity index (χ0v) is 14.2. The summed E-state index contributed by atoms with van der Waals surface area (Å²) in [6.45, 7) is 0.234. The fraction of sp³-hybridized carbons (Fsp3) is 0.462. The molecule has 1 fully saturated rings. The topological polar surface area (TPSA) is 77.9 Å². The minimum atomic E-state index is -3.84. The Kier molecular flexibility index (Phi) is 4.60. The molecule has 0 aliphatic carbocycles. The van der Waals surface area contributed by atoms with Crippen LogP contribution in [0.1, 0.15) is 12.8 Å². The van der Waals surface area contributed by atoms with Gasteiger partial charge in [0, 0.05) is 30.8 Å². The van der Waals surface area contributed by atoms with Crippen molar-refractivity contribution in [3.63, 3.8) is 0 Å². The molecule has 1 heterocycles. The van der Waals surface area contributed by atoms with E-state index in [-0.39, 0.29) is 11.4 Å². The molecule has 116 valence electrons. The lowest BCUT2D eigenvalue weighted by molar-refractivity contribution is -0.140. The van der Waals surface area contributed by atoms with E-state index in [1.165, 1.54) is 0 Å². The van der Waals surface area contributed by atoms with Crippen LogP contribution in [0.5, 0.6) is 0 Å². The molecule has 0 saturated carbocycles. The van der Waals surface area contributed by atoms with Crippen LogP contribution in [0.3, 0.4) is 0 Å². The standard InChI is InChI=1S/C13H17BrN2O4S/c1-15(2)9-5-6-10(14)12(8-9)21(19,20)16-7-3-4-11(16)13(17)18/h5-6,8,11H,3-4,7H2,1-2H3,(H,17,18). The molecule has 0 amide bonds. The van der Waals surface area contributed by atoms with Crippen LogP contribution in [0.4, 0.5) is 5.69 Å². The molecule has 0 bridgehead atoms. The van der Waals surface area contributed by atoms with E-state index in [0.29, 0.717) is 17.3 Å². The Morgan fingerprint density at radius 1 is 1.43 bits per heavy atom. The van der Waals surface area contributed by atoms with Crippen LogP contribution in [-0.4, -0.2) is 50.5 Å². The summed E-state index contributed by atoms with van der Waals surface area (Å²) >= 11 is 3.25. The van der Waals surface area contributed by atoms with Gasteiger partial charge in [-0.25, -0.2) is 8.42 Å². The predicted octanol–water partition coefficient (Wildman–Crippen LogP) is 1.75. The second kappa shape index (κ2) is 5.94. The fourth-order valence-electron chi connectivity index (χ4n) is 2.37. The van der Waals surface area contributed by atoms with Crippen LogP contribution >= 0.6 is 15.9 Å². The number of sulfonamides is 1. The molecule has 1 unspecified atom stereocenters. The quantitative estimate of drug-likeness (QED) is 0.865. The highest BCUT2D eigenvalue weighted by atomic mass is 79.9. The maximum absolute atomic E-state index is 12.8. The van der Waals surface area contributed by atoms with Crippen molar-refractivity contribution in [2.24, 2.45) is 0 Å². The van der Waals surface area contributed by atoms with E-state index >= 15 is 0 Å². The number of aliphatic carboxylic acids is 1. The third-order valence-electron chi connectivity index (χ3n) is 3.51. The van der Waals surface area contributed by atoms with Gasteiger partial charge in [0.25, 0.3) is 0 Å². The summed E-state index contributed by atoms with van der Waals surface area (Å²) in [7, 11) is -0.211. The largest absolute Gasteiger partial charge is 0.480 e. The first-order valence-corrected chi connectivity index (χ1v) is 8.70. The monoisotopic (exact) mass is 376 g/mol. The van der Waals surface area contributed by atoms with Crippen molar-refractivity contribution in [3.8, 4) is 0 Å². The van der Waals surface area contributed by atoms with E-state index in [1.54, 1.807) is 23.1 Å². The first-order valence-electron chi connectivity index (χ1n) is 6.46. The van der Waals surface area contributed by atoms with Crippen molar-refractivity contribution in [2.45, 2.75) is 23.8 Å². The molecular weight excluding hydrogens is 360 g/mol. The molecule has 1 aromatic carbocycles. The molecule has 1 N–H and O–H groups in total. The fourth-order valence-corrected chi connectivity index (χ4v) is 4.97. The highest BCUT2D eigenvalue weighted by Gasteiger charge is 2.40. The first kappa shape index (κ1) is 16.3. The molecular formula is C13H17BrN2O4S. The number of carboxylic acid groups (broad SMARTS) is 1. The lowest BCUT2D eigenvalue weighted by Crippen LogP contribution is -2.40. The van der Waals surface area contributed by atoms with E-state index < -0.39 is 22.0 Å². The van der Waals surface area contributed by atoms with E-state index in [2.05, 4.69) is 15.9 Å². The van der Waals surface area contributed by atoms with Crippen molar-refractivity contribution in [2.75, 3.05) is 25.5 Å². The van der Waals surface area contributed by atoms with Gasteiger partial charge in [0.05, 0.1) is 4.90 Å². The smallest absolute Gasteiger partial charge is 0.322 e. The average molecular weight is 377 g/mol. The number of hydrogen-bond donors (Lipinski definition) is 1. The van der Waals surface area contributed by atoms with Crippen molar-refractivity contribution in [1.82, 2.24) is 4.31 Å². The van der Waals surface area contributed by atoms with Crippen molar-refractivity contribution < 1.29 is 18.3 Å². The summed E-state index contributed by atoms with van der Waals surface area (Å²) in [5.41, 5.74) is 0.739. The van der Waals surface area contributed by atoms with Gasteiger partial charge in [-0.15, -0.1) is 0 Å². The number of carboxylic acids is 1. The van der Waals surface area contributed by atoms with Crippen LogP contribution in [-0.2, 0) is 14.8 Å². The Balaban J connectivity index is 2.49. The van der Waals surface area contributed by atoms with E-state index in [1.807, 2.05) is 14.1 Å². The van der Waals surface area contributed by atoms with Gasteiger partial charge in [-0.1, -0.05) is 0 Å². The van der Waals surface area contributed by atoms with Crippen LogP contribution in [0.2, 0.25) is 0 Å². The molecule has 1 saturated heterocycles. The third-order valence-corrected chi connectivity index (χ3v) is 6.41. The number of halogens is 1. The van der Waals surface area contributed by atoms with Gasteiger partial charge >= 0.3 is 5.97 Å². The normalized spacial score (nSPS) is 19.7. The summed E-state index contributed by atoms with van der Waals surface area (Å²) in [6.07, 6.45) is 0.904. The molecule has 1 atom stereocenters. The maximum atomic E-state index is 12.8. The predicted molar refractivity (Wildman–Crippen MR) is 83.0 cm³/mol. The summed E-state index contributed by atoms with van der Waals surface area (Å²) in [5, 5.41) is 9.18. The van der Waals surface area contributed by atoms with Crippen LogP contribution in [0.15, 0.2) is 27.6 Å². The number of anilines is 1. The Morgan fingerprint density at radius 2 is 2.10 bits per heavy atom. The van der Waals surface area contributed by atoms with Gasteiger partial charge < -0.3 is 10.0 Å². The minimum absolute atomic E-state index is 0.0989. The van der Waals surface area contributed by atoms with E-state index in [9.17, 15) is 18.3 Å². The van der Waals surface area contributed by atoms with Gasteiger partial charge in [-0.05, 0) is 47.0 Å². The summed E-state index contributed by atoms with van der Waals surface area (Å²) in [4.78, 5) is 13.1. The van der Waals surface area contributed by atoms with Crippen LogP contribution < -0.4 is 4.90 Å². The third kappa shape index (κ3) is 3.07. The molecule has 1 aliphatic heterocycles. The van der Waals surface area contributed by atoms with E-state index in [4.69, 9.17) is 0 Å². The molecule has 2 rings (SSSR count). The zero-order valence-electron chi connectivity index (χ0n) is 11.8. The minimum Gasteiger partial charge on any atom is -0.480 e. The summed E-state index contributed by atoms with van der Waals surface area (Å²) in [5.74, 6) is -1.10. The van der Waals surface area contributed by atoms with Crippen molar-refractivity contribution >= 4 is 37.6 Å². The molecule has 0 radical (unpaired) electrons. The second-order valence-electron chi connectivity index (χ2n) is 5.12. The summed E-state index contributed by atoms with van der Waals surface area (Å²) < 4.78 is 27.0. The van der Waals surface area contributed by atoms with Crippen LogP contribution in [0, 0.1) is 0 Å². The maximum Gasteiger partial charge on any atom is 0.322 e. The number of hydrogen-bond acceptors (Lipinski definition) is 4. The second-order valence-corrected chi connectivity index (χ2v) is 7.83. The van der Waals surface area contributed by atoms with Gasteiger partial charge in [0.15, 0.2) is 0 Å². The van der Waals surface area contributed by atoms with Gasteiger partial charge in [0.2, 0.25) is 10.0 Å². The molecule has 1 aromatic rings. The molecule has 0 aromatic heterocycles. The Morgan fingerprint density at radius 3 is 2.67 bits per heavy atom.